The lowest BCUT2D eigenvalue weighted by molar-refractivity contribution is -0.160. The van der Waals surface area contributed by atoms with Gasteiger partial charge in [-0.1, -0.05) is 61.5 Å². The van der Waals surface area contributed by atoms with Crippen molar-refractivity contribution in [3.63, 3.8) is 0 Å². The Morgan fingerprint density at radius 1 is 1.00 bits per heavy atom. The number of aliphatic carboxylic acids is 1. The highest BCUT2D eigenvalue weighted by atomic mass is 16.4. The van der Waals surface area contributed by atoms with Gasteiger partial charge in [-0.2, -0.15) is 0 Å². The Labute approximate surface area is 112 Å². The fourth-order valence-corrected chi connectivity index (χ4v) is 2.05. The van der Waals surface area contributed by atoms with Crippen LogP contribution in [0.2, 0.25) is 0 Å². The Balaban J connectivity index is 2.36. The van der Waals surface area contributed by atoms with Crippen LogP contribution >= 0.6 is 0 Å². The Bertz CT molecular complexity index is 560. The van der Waals surface area contributed by atoms with Gasteiger partial charge in [0.1, 0.15) is 0 Å². The van der Waals surface area contributed by atoms with Crippen molar-refractivity contribution in [1.82, 2.24) is 0 Å². The molecule has 0 heterocycles. The second-order valence-corrected chi connectivity index (χ2v) is 4.46. The van der Waals surface area contributed by atoms with Crippen LogP contribution in [0.5, 0.6) is 0 Å². The molecule has 0 aliphatic rings. The predicted molar refractivity (Wildman–Crippen MR) is 73.7 cm³/mol. The zero-order valence-corrected chi connectivity index (χ0v) is 10.7. The van der Waals surface area contributed by atoms with Crippen LogP contribution in [-0.4, -0.2) is 16.2 Å². The quantitative estimate of drug-likeness (QED) is 0.884. The number of carboxylic acids is 1. The molecule has 1 atom stereocenters. The third-order valence-corrected chi connectivity index (χ3v) is 3.34. The van der Waals surface area contributed by atoms with Crippen LogP contribution in [0.4, 0.5) is 0 Å². The molecule has 0 aliphatic heterocycles. The molecular weight excluding hydrogens is 240 g/mol. The maximum atomic E-state index is 11.2. The van der Waals surface area contributed by atoms with Crippen LogP contribution in [0.25, 0.3) is 11.1 Å². The van der Waals surface area contributed by atoms with Gasteiger partial charge >= 0.3 is 5.97 Å². The smallest absolute Gasteiger partial charge is 0.340 e. The van der Waals surface area contributed by atoms with Crippen LogP contribution in [0.15, 0.2) is 54.6 Å². The van der Waals surface area contributed by atoms with E-state index in [0.717, 1.165) is 11.1 Å². The highest BCUT2D eigenvalue weighted by Gasteiger charge is 2.35. The molecule has 19 heavy (non-hydrogen) atoms. The maximum absolute atomic E-state index is 11.2. The summed E-state index contributed by atoms with van der Waals surface area (Å²) in [6.07, 6.45) is 0.132. The number of benzene rings is 2. The van der Waals surface area contributed by atoms with E-state index in [1.165, 1.54) is 0 Å². The van der Waals surface area contributed by atoms with E-state index in [-0.39, 0.29) is 6.42 Å². The van der Waals surface area contributed by atoms with E-state index in [0.29, 0.717) is 5.56 Å². The first-order valence-electron chi connectivity index (χ1n) is 6.19. The molecule has 3 nitrogen and oxygen atoms in total. The van der Waals surface area contributed by atoms with E-state index in [2.05, 4.69) is 0 Å². The predicted octanol–water partition coefficient (Wildman–Crippen LogP) is 3.04. The largest absolute Gasteiger partial charge is 0.479 e. The van der Waals surface area contributed by atoms with Crippen molar-refractivity contribution in [2.45, 2.75) is 18.9 Å². The average Bonchev–Trinajstić information content (AvgIpc) is 2.47. The number of hydrogen-bond donors (Lipinski definition) is 2. The first-order chi connectivity index (χ1) is 9.08. The van der Waals surface area contributed by atoms with Crippen molar-refractivity contribution in [2.24, 2.45) is 0 Å². The normalized spacial score (nSPS) is 13.8. The lowest BCUT2D eigenvalue weighted by Crippen LogP contribution is -2.34. The first-order valence-corrected chi connectivity index (χ1v) is 6.19. The topological polar surface area (TPSA) is 57.5 Å². The molecule has 0 aliphatic carbocycles. The summed E-state index contributed by atoms with van der Waals surface area (Å²) in [7, 11) is 0. The highest BCUT2D eigenvalue weighted by molar-refractivity contribution is 5.79. The Morgan fingerprint density at radius 2 is 1.53 bits per heavy atom. The van der Waals surface area contributed by atoms with Gasteiger partial charge in [0, 0.05) is 0 Å². The van der Waals surface area contributed by atoms with E-state index < -0.39 is 11.6 Å². The molecule has 0 amide bonds. The van der Waals surface area contributed by atoms with E-state index in [1.54, 1.807) is 19.1 Å². The lowest BCUT2D eigenvalue weighted by Gasteiger charge is -2.22. The molecule has 98 valence electrons. The van der Waals surface area contributed by atoms with Crippen molar-refractivity contribution < 1.29 is 15.0 Å². The summed E-state index contributed by atoms with van der Waals surface area (Å²) in [5, 5.41) is 19.3. The number of rotatable bonds is 4. The molecule has 0 saturated heterocycles. The van der Waals surface area contributed by atoms with Gasteiger partial charge < -0.3 is 10.2 Å². The summed E-state index contributed by atoms with van der Waals surface area (Å²) in [5.41, 5.74) is 0.648. The molecule has 0 unspecified atom stereocenters. The van der Waals surface area contributed by atoms with Crippen molar-refractivity contribution in [2.75, 3.05) is 0 Å². The third kappa shape index (κ3) is 2.51. The van der Waals surface area contributed by atoms with Crippen LogP contribution in [0.3, 0.4) is 0 Å². The van der Waals surface area contributed by atoms with E-state index in [1.807, 2.05) is 42.5 Å². The molecule has 0 spiro atoms. The summed E-state index contributed by atoms with van der Waals surface area (Å²) >= 11 is 0. The number of carbonyl (C=O) groups is 1. The first kappa shape index (κ1) is 13.3. The second kappa shape index (κ2) is 5.24. The fourth-order valence-electron chi connectivity index (χ4n) is 2.05. The Kier molecular flexibility index (Phi) is 3.67. The van der Waals surface area contributed by atoms with Gasteiger partial charge in [-0.3, -0.25) is 0 Å². The summed E-state index contributed by atoms with van der Waals surface area (Å²) in [6.45, 7) is 1.65. The number of aliphatic hydroxyl groups is 1. The number of hydrogen-bond acceptors (Lipinski definition) is 2. The van der Waals surface area contributed by atoms with Gasteiger partial charge in [-0.15, -0.1) is 0 Å². The third-order valence-electron chi connectivity index (χ3n) is 3.34. The summed E-state index contributed by atoms with van der Waals surface area (Å²) in [5.74, 6) is -1.22. The number of carboxylic acid groups (broad SMARTS) is 1. The minimum atomic E-state index is -1.81. The van der Waals surface area contributed by atoms with Crippen LogP contribution < -0.4 is 0 Å². The highest BCUT2D eigenvalue weighted by Crippen LogP contribution is 2.28. The Hall–Kier alpha value is -2.13. The SMILES string of the molecule is CC[C@@](O)(C(=O)O)c1ccc(-c2ccccc2)cc1. The monoisotopic (exact) mass is 256 g/mol. The summed E-state index contributed by atoms with van der Waals surface area (Å²) < 4.78 is 0. The molecule has 0 radical (unpaired) electrons. The van der Waals surface area contributed by atoms with Gasteiger partial charge in [0.25, 0.3) is 0 Å². The van der Waals surface area contributed by atoms with Gasteiger partial charge in [0.05, 0.1) is 0 Å². The Morgan fingerprint density at radius 3 is 2.00 bits per heavy atom. The van der Waals surface area contributed by atoms with E-state index >= 15 is 0 Å². The van der Waals surface area contributed by atoms with Gasteiger partial charge in [-0.05, 0) is 23.1 Å². The standard InChI is InChI=1S/C16H16O3/c1-2-16(19,15(17)18)14-10-8-13(9-11-14)12-6-4-3-5-7-12/h3-11,19H,2H2,1H3,(H,17,18)/t16-/m0/s1. The fraction of sp³-hybridized carbons (Fsp3) is 0.188. The molecule has 3 heteroatoms. The molecular formula is C16H16O3. The van der Waals surface area contributed by atoms with E-state index in [9.17, 15) is 9.90 Å². The molecule has 0 saturated carbocycles. The van der Waals surface area contributed by atoms with Crippen molar-refractivity contribution in [1.29, 1.82) is 0 Å². The zero-order valence-electron chi connectivity index (χ0n) is 10.7. The molecule has 2 N–H and O–H groups in total. The van der Waals surface area contributed by atoms with Gasteiger partial charge in [-0.25, -0.2) is 4.79 Å². The zero-order chi connectivity index (χ0) is 13.9. The van der Waals surface area contributed by atoms with Crippen LogP contribution in [-0.2, 0) is 10.4 Å². The second-order valence-electron chi connectivity index (χ2n) is 4.46. The molecule has 2 aromatic carbocycles. The van der Waals surface area contributed by atoms with Gasteiger partial charge in [0.2, 0.25) is 0 Å². The van der Waals surface area contributed by atoms with Crippen molar-refractivity contribution in [3.05, 3.63) is 60.2 Å². The van der Waals surface area contributed by atoms with E-state index in [4.69, 9.17) is 5.11 Å². The molecule has 2 rings (SSSR count). The summed E-state index contributed by atoms with van der Waals surface area (Å²) in [4.78, 5) is 11.2. The molecule has 0 aromatic heterocycles. The maximum Gasteiger partial charge on any atom is 0.340 e. The lowest BCUT2D eigenvalue weighted by atomic mass is 9.90. The minimum Gasteiger partial charge on any atom is -0.479 e. The molecule has 0 bridgehead atoms. The minimum absolute atomic E-state index is 0.132. The molecule has 2 aromatic rings. The van der Waals surface area contributed by atoms with Crippen molar-refractivity contribution >= 4 is 5.97 Å². The van der Waals surface area contributed by atoms with Crippen LogP contribution in [0.1, 0.15) is 18.9 Å². The van der Waals surface area contributed by atoms with Gasteiger partial charge in [0.15, 0.2) is 5.60 Å². The van der Waals surface area contributed by atoms with Crippen molar-refractivity contribution in [3.8, 4) is 11.1 Å². The summed E-state index contributed by atoms with van der Waals surface area (Å²) in [6, 6.07) is 16.8. The molecule has 0 fully saturated rings. The van der Waals surface area contributed by atoms with Crippen LogP contribution in [0, 0.1) is 0 Å². The average molecular weight is 256 g/mol.